The van der Waals surface area contributed by atoms with E-state index in [-0.39, 0.29) is 0 Å². The normalized spacial score (nSPS) is 10.8. The maximum absolute atomic E-state index is 9.42. The third-order valence-electron chi connectivity index (χ3n) is 2.77. The summed E-state index contributed by atoms with van der Waals surface area (Å²) in [7, 11) is 2.05. The van der Waals surface area contributed by atoms with Crippen molar-refractivity contribution in [1.82, 2.24) is 4.90 Å². The highest BCUT2D eigenvalue weighted by Crippen LogP contribution is 2.14. The van der Waals surface area contributed by atoms with Crippen LogP contribution in [0.2, 0.25) is 0 Å². The molecule has 0 aromatic heterocycles. The minimum atomic E-state index is 0.310. The van der Waals surface area contributed by atoms with E-state index in [4.69, 9.17) is 5.73 Å². The lowest BCUT2D eigenvalue weighted by Gasteiger charge is -2.17. The van der Waals surface area contributed by atoms with Gasteiger partial charge >= 0.3 is 0 Å². The lowest BCUT2D eigenvalue weighted by Crippen LogP contribution is -2.17. The van der Waals surface area contributed by atoms with Crippen LogP contribution >= 0.6 is 0 Å². The standard InChI is InChI=1S/C15H18N2O/c1-17(10-12-4-2-6-14(16)8-12)11-13-5-3-7-15(18)9-13/h2-9,18H,10-11,16H2,1H3. The van der Waals surface area contributed by atoms with Crippen molar-refractivity contribution in [3.8, 4) is 5.75 Å². The van der Waals surface area contributed by atoms with Crippen LogP contribution in [0.3, 0.4) is 0 Å². The largest absolute Gasteiger partial charge is 0.508 e. The fourth-order valence-corrected chi connectivity index (χ4v) is 2.03. The predicted octanol–water partition coefficient (Wildman–Crippen LogP) is 2.61. The first-order valence-electron chi connectivity index (χ1n) is 5.94. The van der Waals surface area contributed by atoms with Gasteiger partial charge in [0.2, 0.25) is 0 Å². The second kappa shape index (κ2) is 5.56. The quantitative estimate of drug-likeness (QED) is 0.810. The number of nitrogens with zero attached hydrogens (tertiary/aromatic N) is 1. The van der Waals surface area contributed by atoms with E-state index in [0.29, 0.717) is 5.75 Å². The summed E-state index contributed by atoms with van der Waals surface area (Å²) in [4.78, 5) is 2.18. The number of nitrogens with two attached hydrogens (primary N) is 1. The van der Waals surface area contributed by atoms with Crippen LogP contribution in [0, 0.1) is 0 Å². The predicted molar refractivity (Wildman–Crippen MR) is 74.1 cm³/mol. The van der Waals surface area contributed by atoms with Crippen LogP contribution < -0.4 is 5.73 Å². The van der Waals surface area contributed by atoms with Gasteiger partial charge in [0.25, 0.3) is 0 Å². The van der Waals surface area contributed by atoms with Gasteiger partial charge in [-0.05, 0) is 42.4 Å². The molecule has 0 heterocycles. The molecule has 0 atom stereocenters. The maximum atomic E-state index is 9.42. The van der Waals surface area contributed by atoms with Gasteiger partial charge in [-0.15, -0.1) is 0 Å². The first kappa shape index (κ1) is 12.5. The molecule has 0 aliphatic rings. The van der Waals surface area contributed by atoms with Gasteiger partial charge < -0.3 is 10.8 Å². The fourth-order valence-electron chi connectivity index (χ4n) is 2.03. The van der Waals surface area contributed by atoms with Crippen LogP contribution in [0.25, 0.3) is 0 Å². The highest BCUT2D eigenvalue weighted by Gasteiger charge is 2.02. The molecule has 0 bridgehead atoms. The SMILES string of the molecule is CN(Cc1cccc(N)c1)Cc1cccc(O)c1. The van der Waals surface area contributed by atoms with Gasteiger partial charge in [0.15, 0.2) is 0 Å². The molecular formula is C15H18N2O. The van der Waals surface area contributed by atoms with Crippen molar-refractivity contribution in [3.05, 3.63) is 59.7 Å². The van der Waals surface area contributed by atoms with Crippen LogP contribution in [0.5, 0.6) is 5.75 Å². The Kier molecular flexibility index (Phi) is 3.85. The molecule has 3 heteroatoms. The molecule has 3 N–H and O–H groups in total. The molecule has 0 radical (unpaired) electrons. The summed E-state index contributed by atoms with van der Waals surface area (Å²) >= 11 is 0. The number of rotatable bonds is 4. The Morgan fingerprint density at radius 1 is 1.00 bits per heavy atom. The summed E-state index contributed by atoms with van der Waals surface area (Å²) in [5.41, 5.74) is 8.84. The molecule has 2 aromatic carbocycles. The van der Waals surface area contributed by atoms with Crippen LogP contribution in [0.1, 0.15) is 11.1 Å². The number of phenols is 1. The average molecular weight is 242 g/mol. The zero-order valence-corrected chi connectivity index (χ0v) is 10.5. The van der Waals surface area contributed by atoms with E-state index in [1.54, 1.807) is 12.1 Å². The van der Waals surface area contributed by atoms with Gasteiger partial charge in [0, 0.05) is 18.8 Å². The topological polar surface area (TPSA) is 49.5 Å². The Hall–Kier alpha value is -2.00. The molecule has 0 unspecified atom stereocenters. The summed E-state index contributed by atoms with van der Waals surface area (Å²) in [5, 5.41) is 9.42. The summed E-state index contributed by atoms with van der Waals surface area (Å²) in [6, 6.07) is 15.2. The molecule has 0 aliphatic carbocycles. The fraction of sp³-hybridized carbons (Fsp3) is 0.200. The highest BCUT2D eigenvalue weighted by atomic mass is 16.3. The first-order chi connectivity index (χ1) is 8.63. The molecule has 0 saturated heterocycles. The number of hydrogen-bond donors (Lipinski definition) is 2. The lowest BCUT2D eigenvalue weighted by atomic mass is 10.1. The second-order valence-corrected chi connectivity index (χ2v) is 4.59. The molecule has 0 fully saturated rings. The van der Waals surface area contributed by atoms with E-state index in [2.05, 4.69) is 11.0 Å². The summed E-state index contributed by atoms with van der Waals surface area (Å²) < 4.78 is 0. The van der Waals surface area contributed by atoms with E-state index in [0.717, 1.165) is 24.3 Å². The zero-order chi connectivity index (χ0) is 13.0. The van der Waals surface area contributed by atoms with Crippen molar-refractivity contribution in [2.75, 3.05) is 12.8 Å². The van der Waals surface area contributed by atoms with Crippen molar-refractivity contribution < 1.29 is 5.11 Å². The smallest absolute Gasteiger partial charge is 0.115 e. The van der Waals surface area contributed by atoms with Gasteiger partial charge in [0.1, 0.15) is 5.75 Å². The minimum Gasteiger partial charge on any atom is -0.508 e. The van der Waals surface area contributed by atoms with Gasteiger partial charge in [-0.2, -0.15) is 0 Å². The number of nitrogen functional groups attached to an aromatic ring is 1. The number of hydrogen-bond acceptors (Lipinski definition) is 3. The van der Waals surface area contributed by atoms with Gasteiger partial charge in [-0.1, -0.05) is 24.3 Å². The lowest BCUT2D eigenvalue weighted by molar-refractivity contribution is 0.318. The Labute approximate surface area is 107 Å². The Morgan fingerprint density at radius 3 is 2.22 bits per heavy atom. The minimum absolute atomic E-state index is 0.310. The molecule has 18 heavy (non-hydrogen) atoms. The first-order valence-corrected chi connectivity index (χ1v) is 5.94. The number of phenolic OH excluding ortho intramolecular Hbond substituents is 1. The van der Waals surface area contributed by atoms with E-state index in [9.17, 15) is 5.11 Å². The molecular weight excluding hydrogens is 224 g/mol. The Balaban J connectivity index is 1.98. The molecule has 0 aliphatic heterocycles. The van der Waals surface area contributed by atoms with Crippen molar-refractivity contribution in [2.24, 2.45) is 0 Å². The third kappa shape index (κ3) is 3.50. The van der Waals surface area contributed by atoms with E-state index >= 15 is 0 Å². The number of anilines is 1. The summed E-state index contributed by atoms with van der Waals surface area (Å²) in [5.74, 6) is 0.310. The third-order valence-corrected chi connectivity index (χ3v) is 2.77. The number of aromatic hydroxyl groups is 1. The van der Waals surface area contributed by atoms with E-state index < -0.39 is 0 Å². The summed E-state index contributed by atoms with van der Waals surface area (Å²) in [6.45, 7) is 1.63. The van der Waals surface area contributed by atoms with Crippen LogP contribution in [-0.2, 0) is 13.1 Å². The van der Waals surface area contributed by atoms with E-state index in [1.807, 2.05) is 37.4 Å². The molecule has 2 aromatic rings. The molecule has 3 nitrogen and oxygen atoms in total. The molecule has 0 saturated carbocycles. The molecule has 94 valence electrons. The summed E-state index contributed by atoms with van der Waals surface area (Å²) in [6.07, 6.45) is 0. The van der Waals surface area contributed by atoms with Crippen LogP contribution in [0.4, 0.5) is 5.69 Å². The van der Waals surface area contributed by atoms with Crippen LogP contribution in [0.15, 0.2) is 48.5 Å². The molecule has 0 spiro atoms. The molecule has 0 amide bonds. The van der Waals surface area contributed by atoms with Crippen molar-refractivity contribution in [1.29, 1.82) is 0 Å². The Morgan fingerprint density at radius 2 is 1.61 bits per heavy atom. The highest BCUT2D eigenvalue weighted by molar-refractivity contribution is 5.40. The van der Waals surface area contributed by atoms with E-state index in [1.165, 1.54) is 5.56 Å². The monoisotopic (exact) mass is 242 g/mol. The Bertz CT molecular complexity index is 478. The number of benzene rings is 2. The van der Waals surface area contributed by atoms with Gasteiger partial charge in [-0.3, -0.25) is 4.90 Å². The molecule has 2 rings (SSSR count). The maximum Gasteiger partial charge on any atom is 0.115 e. The van der Waals surface area contributed by atoms with Gasteiger partial charge in [-0.25, -0.2) is 0 Å². The van der Waals surface area contributed by atoms with Crippen molar-refractivity contribution >= 4 is 5.69 Å². The average Bonchev–Trinajstić information content (AvgIpc) is 2.28. The second-order valence-electron chi connectivity index (χ2n) is 4.59. The van der Waals surface area contributed by atoms with Crippen molar-refractivity contribution in [3.63, 3.8) is 0 Å². The van der Waals surface area contributed by atoms with Crippen LogP contribution in [-0.4, -0.2) is 17.1 Å². The van der Waals surface area contributed by atoms with Crippen molar-refractivity contribution in [2.45, 2.75) is 13.1 Å². The van der Waals surface area contributed by atoms with Gasteiger partial charge in [0.05, 0.1) is 0 Å². The zero-order valence-electron chi connectivity index (χ0n) is 10.5.